The van der Waals surface area contributed by atoms with Crippen molar-refractivity contribution in [2.45, 2.75) is 26.2 Å². The molecule has 0 aromatic heterocycles. The van der Waals surface area contributed by atoms with Gasteiger partial charge in [0, 0.05) is 0 Å². The Labute approximate surface area is 114 Å². The van der Waals surface area contributed by atoms with E-state index in [0.29, 0.717) is 6.42 Å². The monoisotopic (exact) mass is 253 g/mol. The highest BCUT2D eigenvalue weighted by molar-refractivity contribution is 5.77. The molecule has 0 unspecified atom stereocenters. The van der Waals surface area contributed by atoms with Crippen molar-refractivity contribution in [2.75, 3.05) is 0 Å². The van der Waals surface area contributed by atoms with Crippen LogP contribution in [0.25, 0.3) is 0 Å². The number of primary amides is 1. The van der Waals surface area contributed by atoms with Gasteiger partial charge < -0.3 is 5.73 Å². The van der Waals surface area contributed by atoms with Crippen molar-refractivity contribution < 1.29 is 4.79 Å². The topological polar surface area (TPSA) is 43.1 Å². The number of nitrogens with two attached hydrogens (primary N) is 1. The Hall–Kier alpha value is -2.09. The Morgan fingerprint density at radius 1 is 1.00 bits per heavy atom. The van der Waals surface area contributed by atoms with Crippen LogP contribution >= 0.6 is 0 Å². The van der Waals surface area contributed by atoms with Gasteiger partial charge >= 0.3 is 0 Å². The highest BCUT2D eigenvalue weighted by Crippen LogP contribution is 2.16. The number of aryl methyl sites for hydroxylation is 1. The molecule has 0 radical (unpaired) electrons. The lowest BCUT2D eigenvalue weighted by atomic mass is 9.96. The van der Waals surface area contributed by atoms with Crippen LogP contribution < -0.4 is 5.73 Å². The van der Waals surface area contributed by atoms with Crippen molar-refractivity contribution in [1.29, 1.82) is 0 Å². The van der Waals surface area contributed by atoms with E-state index in [1.165, 1.54) is 16.7 Å². The Morgan fingerprint density at radius 2 is 1.68 bits per heavy atom. The summed E-state index contributed by atoms with van der Waals surface area (Å²) < 4.78 is 0. The summed E-state index contributed by atoms with van der Waals surface area (Å²) in [6.07, 6.45) is 2.19. The molecule has 98 valence electrons. The van der Waals surface area contributed by atoms with Crippen LogP contribution in [-0.4, -0.2) is 5.91 Å². The highest BCUT2D eigenvalue weighted by atomic mass is 16.1. The first-order valence-corrected chi connectivity index (χ1v) is 6.62. The summed E-state index contributed by atoms with van der Waals surface area (Å²) in [5.74, 6) is -0.283. The van der Waals surface area contributed by atoms with Gasteiger partial charge in [0.25, 0.3) is 0 Å². The summed E-state index contributed by atoms with van der Waals surface area (Å²) in [6, 6.07) is 16.6. The molecule has 2 rings (SSSR count). The molecule has 0 aliphatic heterocycles. The standard InChI is InChI=1S/C17H19NO/c1-2-13-6-5-7-14(10-13)11-15-8-3-4-9-16(15)12-17(18)19/h3-10H,2,11-12H2,1H3,(H2,18,19). The maximum absolute atomic E-state index is 11.1. The summed E-state index contributed by atoms with van der Waals surface area (Å²) >= 11 is 0. The molecule has 0 saturated heterocycles. The van der Waals surface area contributed by atoms with E-state index in [1.807, 2.05) is 18.2 Å². The molecule has 2 nitrogen and oxygen atoms in total. The van der Waals surface area contributed by atoms with E-state index in [4.69, 9.17) is 5.73 Å². The Kier molecular flexibility index (Phi) is 4.35. The Bertz CT molecular complexity index is 575. The fourth-order valence-corrected chi connectivity index (χ4v) is 2.27. The first-order valence-electron chi connectivity index (χ1n) is 6.62. The van der Waals surface area contributed by atoms with Crippen LogP contribution in [0.3, 0.4) is 0 Å². The average Bonchev–Trinajstić information content (AvgIpc) is 2.41. The fourth-order valence-electron chi connectivity index (χ4n) is 2.27. The van der Waals surface area contributed by atoms with Crippen LogP contribution in [0.2, 0.25) is 0 Å². The molecule has 0 spiro atoms. The van der Waals surface area contributed by atoms with E-state index in [0.717, 1.165) is 18.4 Å². The summed E-state index contributed by atoms with van der Waals surface area (Å²) in [4.78, 5) is 11.1. The molecule has 0 fully saturated rings. The molecule has 2 N–H and O–H groups in total. The Morgan fingerprint density at radius 3 is 2.37 bits per heavy atom. The van der Waals surface area contributed by atoms with Gasteiger partial charge in [0.15, 0.2) is 0 Å². The molecule has 0 aliphatic carbocycles. The van der Waals surface area contributed by atoms with Gasteiger partial charge in [-0.2, -0.15) is 0 Å². The van der Waals surface area contributed by atoms with E-state index in [1.54, 1.807) is 0 Å². The summed E-state index contributed by atoms with van der Waals surface area (Å²) in [5, 5.41) is 0. The Balaban J connectivity index is 2.24. The van der Waals surface area contributed by atoms with Gasteiger partial charge in [0.1, 0.15) is 0 Å². The van der Waals surface area contributed by atoms with Crippen molar-refractivity contribution >= 4 is 5.91 Å². The molecule has 0 heterocycles. The number of hydrogen-bond acceptors (Lipinski definition) is 1. The molecule has 1 amide bonds. The van der Waals surface area contributed by atoms with Crippen LogP contribution in [0.1, 0.15) is 29.2 Å². The number of hydrogen-bond donors (Lipinski definition) is 1. The van der Waals surface area contributed by atoms with Gasteiger partial charge in [-0.05, 0) is 35.1 Å². The molecular weight excluding hydrogens is 234 g/mol. The molecule has 19 heavy (non-hydrogen) atoms. The van der Waals surface area contributed by atoms with Crippen LogP contribution in [-0.2, 0) is 24.1 Å². The third kappa shape index (κ3) is 3.68. The van der Waals surface area contributed by atoms with Crippen molar-refractivity contribution in [2.24, 2.45) is 5.73 Å². The first-order chi connectivity index (χ1) is 9.19. The molecule has 0 atom stereocenters. The molecule has 0 saturated carbocycles. The van der Waals surface area contributed by atoms with Crippen molar-refractivity contribution in [3.05, 3.63) is 70.8 Å². The van der Waals surface area contributed by atoms with Gasteiger partial charge in [0.05, 0.1) is 6.42 Å². The van der Waals surface area contributed by atoms with Crippen molar-refractivity contribution in [1.82, 2.24) is 0 Å². The van der Waals surface area contributed by atoms with E-state index in [9.17, 15) is 4.79 Å². The number of amides is 1. The second-order valence-electron chi connectivity index (χ2n) is 4.76. The zero-order valence-corrected chi connectivity index (χ0v) is 11.2. The van der Waals surface area contributed by atoms with Gasteiger partial charge in [-0.15, -0.1) is 0 Å². The minimum absolute atomic E-state index is 0.283. The second-order valence-corrected chi connectivity index (χ2v) is 4.76. The van der Waals surface area contributed by atoms with Gasteiger partial charge in [0.2, 0.25) is 5.91 Å². The quantitative estimate of drug-likeness (QED) is 0.874. The number of carbonyl (C=O) groups is 1. The lowest BCUT2D eigenvalue weighted by Gasteiger charge is -2.09. The van der Waals surface area contributed by atoms with Crippen LogP contribution in [0.4, 0.5) is 0 Å². The van der Waals surface area contributed by atoms with Gasteiger partial charge in [-0.1, -0.05) is 55.5 Å². The largest absolute Gasteiger partial charge is 0.369 e. The zero-order chi connectivity index (χ0) is 13.7. The van der Waals surface area contributed by atoms with E-state index >= 15 is 0 Å². The smallest absolute Gasteiger partial charge is 0.221 e. The zero-order valence-electron chi connectivity index (χ0n) is 11.2. The minimum Gasteiger partial charge on any atom is -0.369 e. The summed E-state index contributed by atoms with van der Waals surface area (Å²) in [7, 11) is 0. The molecule has 0 bridgehead atoms. The fraction of sp³-hybridized carbons (Fsp3) is 0.235. The second kappa shape index (κ2) is 6.19. The molecule has 2 aromatic carbocycles. The van der Waals surface area contributed by atoms with Gasteiger partial charge in [-0.3, -0.25) is 4.79 Å². The highest BCUT2D eigenvalue weighted by Gasteiger charge is 2.06. The first kappa shape index (κ1) is 13.3. The SMILES string of the molecule is CCc1cccc(Cc2ccccc2CC(N)=O)c1. The summed E-state index contributed by atoms with van der Waals surface area (Å²) in [5.41, 5.74) is 10.1. The van der Waals surface area contributed by atoms with Gasteiger partial charge in [-0.25, -0.2) is 0 Å². The molecule has 2 heteroatoms. The molecule has 2 aromatic rings. The predicted octanol–water partition coefficient (Wildman–Crippen LogP) is 2.87. The van der Waals surface area contributed by atoms with Crippen LogP contribution in [0.5, 0.6) is 0 Å². The number of rotatable bonds is 5. The predicted molar refractivity (Wildman–Crippen MR) is 78.0 cm³/mol. The minimum atomic E-state index is -0.283. The number of carbonyl (C=O) groups excluding carboxylic acids is 1. The lowest BCUT2D eigenvalue weighted by molar-refractivity contribution is -0.117. The third-order valence-electron chi connectivity index (χ3n) is 3.28. The molecule has 0 aliphatic rings. The maximum atomic E-state index is 11.1. The van der Waals surface area contributed by atoms with Crippen LogP contribution in [0, 0.1) is 0 Å². The van der Waals surface area contributed by atoms with E-state index in [-0.39, 0.29) is 5.91 Å². The normalized spacial score (nSPS) is 10.4. The average molecular weight is 253 g/mol. The summed E-state index contributed by atoms with van der Waals surface area (Å²) in [6.45, 7) is 2.15. The molecular formula is C17H19NO. The van der Waals surface area contributed by atoms with E-state index < -0.39 is 0 Å². The van der Waals surface area contributed by atoms with E-state index in [2.05, 4.69) is 37.3 Å². The van der Waals surface area contributed by atoms with Crippen molar-refractivity contribution in [3.8, 4) is 0 Å². The van der Waals surface area contributed by atoms with Crippen LogP contribution in [0.15, 0.2) is 48.5 Å². The third-order valence-corrected chi connectivity index (χ3v) is 3.28. The lowest BCUT2D eigenvalue weighted by Crippen LogP contribution is -2.14. The maximum Gasteiger partial charge on any atom is 0.221 e. The van der Waals surface area contributed by atoms with Crippen molar-refractivity contribution in [3.63, 3.8) is 0 Å². The number of benzene rings is 2.